The Kier molecular flexibility index (Phi) is 5.42. The topological polar surface area (TPSA) is 54.9 Å². The van der Waals surface area contributed by atoms with Crippen LogP contribution in [0, 0.1) is 0 Å². The molecule has 3 aromatic rings. The molecule has 1 saturated heterocycles. The number of piperazine rings is 1. The van der Waals surface area contributed by atoms with Gasteiger partial charge in [0.15, 0.2) is 5.13 Å². The summed E-state index contributed by atoms with van der Waals surface area (Å²) >= 11 is 1.30. The molecule has 0 atom stereocenters. The second-order valence-corrected chi connectivity index (χ2v) is 7.69. The maximum Gasteiger partial charge on any atom is 0.573 e. The number of ether oxygens (including phenoxy) is 2. The van der Waals surface area contributed by atoms with Gasteiger partial charge in [-0.25, -0.2) is 4.98 Å². The first-order valence-electron chi connectivity index (χ1n) is 9.17. The maximum absolute atomic E-state index is 12.7. The van der Waals surface area contributed by atoms with Crippen LogP contribution in [0.15, 0.2) is 42.5 Å². The quantitative estimate of drug-likeness (QED) is 0.614. The van der Waals surface area contributed by atoms with E-state index in [0.29, 0.717) is 52.8 Å². The summed E-state index contributed by atoms with van der Waals surface area (Å²) in [6.45, 7) is 2.24. The number of anilines is 1. The molecule has 1 aliphatic heterocycles. The Bertz CT molecular complexity index is 1040. The van der Waals surface area contributed by atoms with Gasteiger partial charge in [0.25, 0.3) is 5.91 Å². The van der Waals surface area contributed by atoms with Crippen LogP contribution in [0.25, 0.3) is 10.2 Å². The predicted molar refractivity (Wildman–Crippen MR) is 107 cm³/mol. The summed E-state index contributed by atoms with van der Waals surface area (Å²) in [5.74, 6) is 0.381. The molecule has 1 aliphatic rings. The Hall–Kier alpha value is -3.01. The van der Waals surface area contributed by atoms with Crippen LogP contribution in [0.1, 0.15) is 10.4 Å². The van der Waals surface area contributed by atoms with E-state index in [1.165, 1.54) is 29.5 Å². The number of nitrogens with zero attached hydrogens (tertiary/aromatic N) is 3. The van der Waals surface area contributed by atoms with Gasteiger partial charge in [-0.05, 0) is 36.4 Å². The highest BCUT2D eigenvalue weighted by atomic mass is 32.1. The van der Waals surface area contributed by atoms with Gasteiger partial charge in [0.05, 0.1) is 17.3 Å². The normalized spacial score (nSPS) is 14.8. The van der Waals surface area contributed by atoms with Gasteiger partial charge in [-0.1, -0.05) is 11.3 Å². The van der Waals surface area contributed by atoms with Crippen molar-refractivity contribution in [3.8, 4) is 11.5 Å². The van der Waals surface area contributed by atoms with Crippen molar-refractivity contribution in [2.45, 2.75) is 6.36 Å². The molecule has 0 radical (unpaired) electrons. The van der Waals surface area contributed by atoms with Crippen molar-refractivity contribution in [3.05, 3.63) is 48.0 Å². The zero-order valence-corrected chi connectivity index (χ0v) is 16.8. The van der Waals surface area contributed by atoms with E-state index in [0.717, 1.165) is 0 Å². The van der Waals surface area contributed by atoms with Crippen LogP contribution in [0.3, 0.4) is 0 Å². The number of alkyl halides is 3. The fourth-order valence-corrected chi connectivity index (χ4v) is 4.29. The summed E-state index contributed by atoms with van der Waals surface area (Å²) in [5, 5.41) is 0.714. The Labute approximate surface area is 174 Å². The number of carbonyl (C=O) groups excluding carboxylic acids is 1. The summed E-state index contributed by atoms with van der Waals surface area (Å²) in [4.78, 5) is 21.0. The number of methoxy groups -OCH3 is 1. The van der Waals surface area contributed by atoms with E-state index < -0.39 is 6.36 Å². The first-order chi connectivity index (χ1) is 14.3. The highest BCUT2D eigenvalue weighted by molar-refractivity contribution is 7.22. The zero-order valence-electron chi connectivity index (χ0n) is 16.0. The highest BCUT2D eigenvalue weighted by Gasteiger charge is 2.31. The van der Waals surface area contributed by atoms with Crippen LogP contribution >= 0.6 is 11.3 Å². The molecule has 2 aromatic carbocycles. The lowest BCUT2D eigenvalue weighted by atomic mass is 10.1. The molecule has 0 aliphatic carbocycles. The molecule has 10 heteroatoms. The van der Waals surface area contributed by atoms with Crippen LogP contribution < -0.4 is 14.4 Å². The summed E-state index contributed by atoms with van der Waals surface area (Å²) in [7, 11) is 1.57. The lowest BCUT2D eigenvalue weighted by molar-refractivity contribution is -0.274. The number of fused-ring (bicyclic) bond motifs is 1. The minimum Gasteiger partial charge on any atom is -0.497 e. The molecule has 0 spiro atoms. The second-order valence-electron chi connectivity index (χ2n) is 6.68. The third kappa shape index (κ3) is 4.43. The molecule has 4 rings (SSSR count). The Morgan fingerprint density at radius 1 is 1.03 bits per heavy atom. The van der Waals surface area contributed by atoms with Crippen molar-refractivity contribution in [2.75, 3.05) is 38.2 Å². The standard InChI is InChI=1S/C20H18F3N3O3S/c1-28-14-4-2-13(3-5-14)18(27)25-8-10-26(11-9-25)19-24-16-7-6-15(12-17(16)30-19)29-20(21,22)23/h2-7,12H,8-11H2,1H3. The number of aromatic nitrogens is 1. The molecular formula is C20H18F3N3O3S. The van der Waals surface area contributed by atoms with Crippen molar-refractivity contribution < 1.29 is 27.4 Å². The molecule has 30 heavy (non-hydrogen) atoms. The maximum atomic E-state index is 12.7. The molecule has 2 heterocycles. The first-order valence-corrected chi connectivity index (χ1v) is 9.99. The molecule has 1 fully saturated rings. The summed E-state index contributed by atoms with van der Waals surface area (Å²) in [6, 6.07) is 11.1. The minimum atomic E-state index is -4.73. The molecule has 1 amide bonds. The third-order valence-electron chi connectivity index (χ3n) is 4.76. The van der Waals surface area contributed by atoms with Crippen molar-refractivity contribution in [2.24, 2.45) is 0 Å². The van der Waals surface area contributed by atoms with Crippen molar-refractivity contribution in [1.82, 2.24) is 9.88 Å². The van der Waals surface area contributed by atoms with Crippen LogP contribution in [0.4, 0.5) is 18.3 Å². The molecule has 6 nitrogen and oxygen atoms in total. The largest absolute Gasteiger partial charge is 0.573 e. The number of rotatable bonds is 4. The van der Waals surface area contributed by atoms with Crippen LogP contribution in [-0.2, 0) is 0 Å². The number of hydrogen-bond acceptors (Lipinski definition) is 6. The molecule has 0 bridgehead atoms. The fraction of sp³-hybridized carbons (Fsp3) is 0.300. The molecule has 1 aromatic heterocycles. The van der Waals surface area contributed by atoms with Gasteiger partial charge in [-0.2, -0.15) is 0 Å². The van der Waals surface area contributed by atoms with Crippen molar-refractivity contribution >= 4 is 32.6 Å². The van der Waals surface area contributed by atoms with Gasteiger partial charge >= 0.3 is 6.36 Å². The van der Waals surface area contributed by atoms with E-state index >= 15 is 0 Å². The first kappa shape index (κ1) is 20.3. The van der Waals surface area contributed by atoms with E-state index in [1.54, 1.807) is 36.3 Å². The van der Waals surface area contributed by atoms with Gasteiger partial charge in [0, 0.05) is 37.8 Å². The fourth-order valence-electron chi connectivity index (χ4n) is 3.24. The lowest BCUT2D eigenvalue weighted by Crippen LogP contribution is -2.48. The van der Waals surface area contributed by atoms with Crippen molar-refractivity contribution in [3.63, 3.8) is 0 Å². The summed E-state index contributed by atoms with van der Waals surface area (Å²) in [6.07, 6.45) is -4.73. The van der Waals surface area contributed by atoms with E-state index in [4.69, 9.17) is 4.74 Å². The number of hydrogen-bond donors (Lipinski definition) is 0. The van der Waals surface area contributed by atoms with Crippen LogP contribution in [-0.4, -0.2) is 55.4 Å². The molecule has 0 unspecified atom stereocenters. The van der Waals surface area contributed by atoms with E-state index in [1.807, 2.05) is 4.90 Å². The smallest absolute Gasteiger partial charge is 0.497 e. The number of amides is 1. The molecule has 0 saturated carbocycles. The van der Waals surface area contributed by atoms with Gasteiger partial charge in [-0.15, -0.1) is 13.2 Å². The Balaban J connectivity index is 1.42. The zero-order chi connectivity index (χ0) is 21.3. The van der Waals surface area contributed by atoms with Gasteiger partial charge in [-0.3, -0.25) is 4.79 Å². The van der Waals surface area contributed by atoms with E-state index in [9.17, 15) is 18.0 Å². The number of halogens is 3. The average molecular weight is 437 g/mol. The molecule has 0 N–H and O–H groups in total. The predicted octanol–water partition coefficient (Wildman–Crippen LogP) is 4.17. The number of thiazole rings is 1. The summed E-state index contributed by atoms with van der Waals surface area (Å²) < 4.78 is 47.0. The summed E-state index contributed by atoms with van der Waals surface area (Å²) in [5.41, 5.74) is 1.21. The monoisotopic (exact) mass is 437 g/mol. The van der Waals surface area contributed by atoms with Gasteiger partial charge in [0.2, 0.25) is 0 Å². The Morgan fingerprint density at radius 2 is 1.70 bits per heavy atom. The van der Waals surface area contributed by atoms with E-state index in [-0.39, 0.29) is 11.7 Å². The number of carbonyl (C=O) groups is 1. The molecular weight excluding hydrogens is 419 g/mol. The van der Waals surface area contributed by atoms with E-state index in [2.05, 4.69) is 9.72 Å². The highest BCUT2D eigenvalue weighted by Crippen LogP contribution is 2.33. The van der Waals surface area contributed by atoms with Gasteiger partial charge < -0.3 is 19.3 Å². The third-order valence-corrected chi connectivity index (χ3v) is 5.84. The average Bonchev–Trinajstić information content (AvgIpc) is 3.15. The van der Waals surface area contributed by atoms with Crippen LogP contribution in [0.2, 0.25) is 0 Å². The molecule has 158 valence electrons. The van der Waals surface area contributed by atoms with Crippen molar-refractivity contribution in [1.29, 1.82) is 0 Å². The van der Waals surface area contributed by atoms with Crippen LogP contribution in [0.5, 0.6) is 11.5 Å². The Morgan fingerprint density at radius 3 is 2.33 bits per heavy atom. The van der Waals surface area contributed by atoms with Gasteiger partial charge in [0.1, 0.15) is 11.5 Å². The number of benzene rings is 2. The minimum absolute atomic E-state index is 0.0458. The SMILES string of the molecule is COc1ccc(C(=O)N2CCN(c3nc4ccc(OC(F)(F)F)cc4s3)CC2)cc1. The lowest BCUT2D eigenvalue weighted by Gasteiger charge is -2.34. The second kappa shape index (κ2) is 8.02.